The number of hydrogen-bond acceptors (Lipinski definition) is 8. The number of hydroxylamine groups is 2. The molecule has 10 heteroatoms. The summed E-state index contributed by atoms with van der Waals surface area (Å²) in [6.07, 6.45) is 0. The molecule has 1 amide bonds. The summed E-state index contributed by atoms with van der Waals surface area (Å²) in [7, 11) is -2.86. The van der Waals surface area contributed by atoms with E-state index in [2.05, 4.69) is 4.18 Å². The molecular formula is C11H15N3O6S. The third-order valence-corrected chi connectivity index (χ3v) is 3.62. The monoisotopic (exact) mass is 317 g/mol. The Morgan fingerprint density at radius 2 is 2.00 bits per heavy atom. The number of carbonyl (C=O) groups is 1. The zero-order chi connectivity index (χ0) is 15.8. The molecule has 4 N–H and O–H groups in total. The maximum atomic E-state index is 11.4. The van der Waals surface area contributed by atoms with Crippen LogP contribution < -0.4 is 19.8 Å². The number of carbonyl (C=O) groups excluding carboxylic acids is 1. The zero-order valence-corrected chi connectivity index (χ0v) is 12.2. The van der Waals surface area contributed by atoms with Gasteiger partial charge in [0, 0.05) is 12.5 Å². The van der Waals surface area contributed by atoms with Crippen molar-refractivity contribution in [3.05, 3.63) is 17.7 Å². The molecule has 1 aliphatic rings. The number of nitrogens with zero attached hydrogens (tertiary/aromatic N) is 1. The lowest BCUT2D eigenvalue weighted by Gasteiger charge is -2.22. The van der Waals surface area contributed by atoms with Gasteiger partial charge in [-0.15, -0.1) is 8.42 Å². The molecule has 0 aliphatic carbocycles. The van der Waals surface area contributed by atoms with E-state index in [4.69, 9.17) is 20.5 Å². The Kier molecular flexibility index (Phi) is 3.94. The van der Waals surface area contributed by atoms with Crippen LogP contribution in [0.25, 0.3) is 0 Å². The molecule has 1 heterocycles. The van der Waals surface area contributed by atoms with Crippen molar-refractivity contribution < 1.29 is 26.4 Å². The number of anilines is 1. The van der Waals surface area contributed by atoms with E-state index in [-0.39, 0.29) is 29.6 Å². The highest BCUT2D eigenvalue weighted by molar-refractivity contribution is 7.82. The van der Waals surface area contributed by atoms with Gasteiger partial charge in [0.15, 0.2) is 5.75 Å². The minimum Gasteiger partial charge on any atom is -0.396 e. The molecule has 1 aromatic carbocycles. The Bertz CT molecular complexity index is 675. The molecule has 1 aromatic rings. The van der Waals surface area contributed by atoms with Gasteiger partial charge in [-0.1, -0.05) is 6.07 Å². The van der Waals surface area contributed by atoms with E-state index in [0.29, 0.717) is 5.56 Å². The van der Waals surface area contributed by atoms with E-state index in [1.54, 1.807) is 0 Å². The number of benzene rings is 1. The van der Waals surface area contributed by atoms with E-state index in [0.717, 1.165) is 5.06 Å². The van der Waals surface area contributed by atoms with E-state index in [1.807, 2.05) is 0 Å². The molecule has 0 aromatic heterocycles. The molecule has 116 valence electrons. The Morgan fingerprint density at radius 3 is 2.57 bits per heavy atom. The second-order valence-electron chi connectivity index (χ2n) is 4.35. The van der Waals surface area contributed by atoms with Gasteiger partial charge in [-0.25, -0.2) is 5.06 Å². The maximum Gasteiger partial charge on any atom is 0.501 e. The van der Waals surface area contributed by atoms with Crippen molar-refractivity contribution in [1.82, 2.24) is 5.06 Å². The van der Waals surface area contributed by atoms with Crippen molar-refractivity contribution in [3.63, 3.8) is 0 Å². The van der Waals surface area contributed by atoms with Crippen LogP contribution in [0.1, 0.15) is 18.5 Å². The predicted molar refractivity (Wildman–Crippen MR) is 72.4 cm³/mol. The molecule has 1 atom stereocenters. The highest BCUT2D eigenvalue weighted by atomic mass is 32.3. The van der Waals surface area contributed by atoms with Crippen LogP contribution in [-0.2, 0) is 20.0 Å². The molecule has 0 bridgehead atoms. The number of hydrogen-bond donors (Lipinski definition) is 2. The molecule has 9 nitrogen and oxygen atoms in total. The molecule has 0 fully saturated rings. The van der Waals surface area contributed by atoms with Crippen molar-refractivity contribution >= 4 is 22.0 Å². The second-order valence-corrected chi connectivity index (χ2v) is 5.50. The van der Waals surface area contributed by atoms with Crippen LogP contribution in [-0.4, -0.2) is 33.0 Å². The molecule has 0 saturated heterocycles. The van der Waals surface area contributed by atoms with Crippen LogP contribution in [0.2, 0.25) is 0 Å². The Balaban J connectivity index is 2.34. The van der Waals surface area contributed by atoms with Crippen molar-refractivity contribution in [2.24, 2.45) is 5.73 Å². The number of nitrogen functional groups attached to an aromatic ring is 1. The van der Waals surface area contributed by atoms with Gasteiger partial charge in [0.25, 0.3) is 0 Å². The van der Waals surface area contributed by atoms with Crippen LogP contribution in [0.15, 0.2) is 12.1 Å². The molecule has 0 radical (unpaired) electrons. The summed E-state index contributed by atoms with van der Waals surface area (Å²) in [6.45, 7) is 1.32. The fourth-order valence-corrected chi connectivity index (χ4v) is 2.67. The zero-order valence-electron chi connectivity index (χ0n) is 11.4. The van der Waals surface area contributed by atoms with Crippen LogP contribution in [0.3, 0.4) is 0 Å². The first-order valence-electron chi connectivity index (χ1n) is 5.89. The normalized spacial score (nSPS) is 16.5. The summed E-state index contributed by atoms with van der Waals surface area (Å²) in [6, 6.07) is 2.21. The average molecular weight is 317 g/mol. The molecule has 21 heavy (non-hydrogen) atoms. The molecule has 2 rings (SSSR count). The van der Waals surface area contributed by atoms with E-state index in [1.165, 1.54) is 26.2 Å². The first kappa shape index (κ1) is 15.4. The van der Waals surface area contributed by atoms with Crippen LogP contribution in [0.5, 0.6) is 11.5 Å². The van der Waals surface area contributed by atoms with Gasteiger partial charge in [0.05, 0.1) is 25.4 Å². The highest BCUT2D eigenvalue weighted by Crippen LogP contribution is 2.45. The molecule has 1 aliphatic heterocycles. The van der Waals surface area contributed by atoms with Crippen molar-refractivity contribution in [2.45, 2.75) is 13.0 Å². The third kappa shape index (κ3) is 3.01. The Hall–Kier alpha value is -2.04. The standard InChI is InChI=1S/C11H15N3O6S/c1-6(15)14(18-2)5-9(13)7-3-4-8(12)11-10(7)19-21(16,17)20-11/h3-4,9H,5,12-13H2,1-2H3. The number of fused-ring (bicyclic) bond motifs is 1. The fraction of sp³-hybridized carbons (Fsp3) is 0.364. The van der Waals surface area contributed by atoms with Gasteiger partial charge in [-0.2, -0.15) is 0 Å². The van der Waals surface area contributed by atoms with Gasteiger partial charge < -0.3 is 19.8 Å². The van der Waals surface area contributed by atoms with Gasteiger partial charge in [0.1, 0.15) is 0 Å². The molecule has 0 saturated carbocycles. The van der Waals surface area contributed by atoms with E-state index < -0.39 is 16.4 Å². The summed E-state index contributed by atoms with van der Waals surface area (Å²) >= 11 is 0. The molecular weight excluding hydrogens is 302 g/mol. The van der Waals surface area contributed by atoms with Crippen LogP contribution >= 0.6 is 0 Å². The summed E-state index contributed by atoms with van der Waals surface area (Å²) < 4.78 is 32.1. The predicted octanol–water partition coefficient (Wildman–Crippen LogP) is -0.305. The number of nitrogens with two attached hydrogens (primary N) is 2. The summed E-state index contributed by atoms with van der Waals surface area (Å²) in [4.78, 5) is 16.2. The maximum absolute atomic E-state index is 11.4. The lowest BCUT2D eigenvalue weighted by molar-refractivity contribution is -0.174. The van der Waals surface area contributed by atoms with E-state index >= 15 is 0 Å². The lowest BCUT2D eigenvalue weighted by atomic mass is 10.0. The Labute approximate surface area is 121 Å². The SMILES string of the molecule is CON(CC(N)c1ccc(N)c2c1OS(=O)(=O)O2)C(C)=O. The lowest BCUT2D eigenvalue weighted by Crippen LogP contribution is -2.35. The minimum absolute atomic E-state index is 0.00555. The largest absolute Gasteiger partial charge is 0.501 e. The van der Waals surface area contributed by atoms with Crippen molar-refractivity contribution in [2.75, 3.05) is 19.4 Å². The van der Waals surface area contributed by atoms with Crippen LogP contribution in [0, 0.1) is 0 Å². The minimum atomic E-state index is -4.18. The Morgan fingerprint density at radius 1 is 1.38 bits per heavy atom. The summed E-state index contributed by atoms with van der Waals surface area (Å²) in [5, 5.41) is 1.04. The highest BCUT2D eigenvalue weighted by Gasteiger charge is 2.34. The third-order valence-electron chi connectivity index (χ3n) is 2.88. The molecule has 0 spiro atoms. The number of rotatable bonds is 4. The first-order valence-corrected chi connectivity index (χ1v) is 7.22. The first-order chi connectivity index (χ1) is 9.75. The van der Waals surface area contributed by atoms with Gasteiger partial charge in [-0.3, -0.25) is 9.63 Å². The topological polar surface area (TPSA) is 134 Å². The van der Waals surface area contributed by atoms with Crippen molar-refractivity contribution in [1.29, 1.82) is 0 Å². The quantitative estimate of drug-likeness (QED) is 0.570. The van der Waals surface area contributed by atoms with E-state index in [9.17, 15) is 13.2 Å². The fourth-order valence-electron chi connectivity index (χ4n) is 1.89. The van der Waals surface area contributed by atoms with Crippen LogP contribution in [0.4, 0.5) is 5.69 Å². The van der Waals surface area contributed by atoms with Crippen molar-refractivity contribution in [3.8, 4) is 11.5 Å². The molecule has 1 unspecified atom stereocenters. The number of amides is 1. The second kappa shape index (κ2) is 5.39. The average Bonchev–Trinajstić information content (AvgIpc) is 2.71. The smallest absolute Gasteiger partial charge is 0.396 e. The summed E-state index contributed by atoms with van der Waals surface area (Å²) in [5.74, 6) is -0.512. The van der Waals surface area contributed by atoms with Gasteiger partial charge in [-0.05, 0) is 6.07 Å². The summed E-state index contributed by atoms with van der Waals surface area (Å²) in [5.41, 5.74) is 12.1. The van der Waals surface area contributed by atoms with Gasteiger partial charge >= 0.3 is 10.4 Å². The van der Waals surface area contributed by atoms with Gasteiger partial charge in [0.2, 0.25) is 11.7 Å².